The molecule has 1 N–H and O–H groups in total. The number of H-pyrrole nitrogens is 1. The van der Waals surface area contributed by atoms with Crippen LogP contribution in [0.2, 0.25) is 0 Å². The van der Waals surface area contributed by atoms with Gasteiger partial charge in [0.1, 0.15) is 16.5 Å². The number of esters is 1. The van der Waals surface area contributed by atoms with Crippen molar-refractivity contribution < 1.29 is 19.0 Å². The predicted molar refractivity (Wildman–Crippen MR) is 118 cm³/mol. The Bertz CT molecular complexity index is 1090. The van der Waals surface area contributed by atoms with E-state index in [0.717, 1.165) is 27.2 Å². The highest BCUT2D eigenvalue weighted by molar-refractivity contribution is 8.15. The summed E-state index contributed by atoms with van der Waals surface area (Å²) in [7, 11) is 1.63. The van der Waals surface area contributed by atoms with Gasteiger partial charge in [-0.3, -0.25) is 9.79 Å². The molecule has 3 aromatic rings. The van der Waals surface area contributed by atoms with Crippen LogP contribution in [0.1, 0.15) is 24.6 Å². The maximum absolute atomic E-state index is 11.7. The maximum Gasteiger partial charge on any atom is 0.306 e. The zero-order valence-electron chi connectivity index (χ0n) is 17.1. The van der Waals surface area contributed by atoms with Crippen molar-refractivity contribution in [3.05, 3.63) is 47.8 Å². The minimum absolute atomic E-state index is 0.0962. The molecule has 2 aromatic heterocycles. The van der Waals surface area contributed by atoms with Crippen LogP contribution >= 0.6 is 11.8 Å². The molecule has 0 fully saturated rings. The van der Waals surface area contributed by atoms with E-state index in [4.69, 9.17) is 14.2 Å². The van der Waals surface area contributed by atoms with Crippen LogP contribution in [0.25, 0.3) is 10.9 Å². The molecule has 1 aliphatic heterocycles. The number of ether oxygens (including phenoxy) is 3. The van der Waals surface area contributed by atoms with Gasteiger partial charge in [-0.05, 0) is 31.5 Å². The van der Waals surface area contributed by atoms with Gasteiger partial charge in [0.05, 0.1) is 37.9 Å². The van der Waals surface area contributed by atoms with Crippen molar-refractivity contribution in [2.75, 3.05) is 20.3 Å². The molecule has 156 valence electrons. The number of methoxy groups -OCH3 is 1. The third kappa shape index (κ3) is 4.43. The molecule has 7 nitrogen and oxygen atoms in total. The zero-order chi connectivity index (χ0) is 21.1. The molecule has 1 atom stereocenters. The van der Waals surface area contributed by atoms with Gasteiger partial charge in [-0.25, -0.2) is 4.98 Å². The molecule has 0 spiro atoms. The molecule has 0 amide bonds. The summed E-state index contributed by atoms with van der Waals surface area (Å²) >= 11 is 1.59. The zero-order valence-corrected chi connectivity index (χ0v) is 17.9. The Hall–Kier alpha value is -3.00. The molecule has 30 heavy (non-hydrogen) atoms. The molecule has 1 unspecified atom stereocenters. The maximum atomic E-state index is 11.7. The number of pyridine rings is 1. The molecule has 1 aliphatic rings. The average molecular weight is 426 g/mol. The van der Waals surface area contributed by atoms with Gasteiger partial charge in [-0.15, -0.1) is 0 Å². The van der Waals surface area contributed by atoms with Crippen molar-refractivity contribution in [3.63, 3.8) is 0 Å². The number of fused-ring (bicyclic) bond motifs is 1. The van der Waals surface area contributed by atoms with Crippen LogP contribution in [-0.4, -0.2) is 46.5 Å². The Labute approximate surface area is 178 Å². The van der Waals surface area contributed by atoms with Gasteiger partial charge < -0.3 is 19.2 Å². The highest BCUT2D eigenvalue weighted by Gasteiger charge is 2.25. The quantitative estimate of drug-likeness (QED) is 0.562. The van der Waals surface area contributed by atoms with Gasteiger partial charge in [-0.1, -0.05) is 17.8 Å². The molecular formula is C22H23N3O4S. The summed E-state index contributed by atoms with van der Waals surface area (Å²) in [5.41, 5.74) is 2.83. The molecule has 3 heterocycles. The van der Waals surface area contributed by atoms with Crippen LogP contribution in [0.15, 0.2) is 41.5 Å². The number of carbonyl (C=O) groups excluding carboxylic acids is 1. The minimum atomic E-state index is -0.184. The van der Waals surface area contributed by atoms with E-state index in [1.165, 1.54) is 0 Å². The second-order valence-corrected chi connectivity index (χ2v) is 8.23. The third-order valence-electron chi connectivity index (χ3n) is 4.64. The fourth-order valence-electron chi connectivity index (χ4n) is 3.23. The van der Waals surface area contributed by atoms with Gasteiger partial charge >= 0.3 is 5.97 Å². The van der Waals surface area contributed by atoms with E-state index in [1.54, 1.807) is 25.1 Å². The van der Waals surface area contributed by atoms with Gasteiger partial charge in [0.15, 0.2) is 0 Å². The fourth-order valence-corrected chi connectivity index (χ4v) is 4.30. The molecule has 0 saturated carbocycles. The molecular weight excluding hydrogens is 402 g/mol. The molecule has 8 heteroatoms. The van der Waals surface area contributed by atoms with E-state index in [1.807, 2.05) is 44.2 Å². The van der Waals surface area contributed by atoms with Crippen molar-refractivity contribution in [2.45, 2.75) is 25.5 Å². The number of benzene rings is 1. The molecule has 0 aliphatic carbocycles. The second-order valence-electron chi connectivity index (χ2n) is 6.94. The predicted octanol–water partition coefficient (Wildman–Crippen LogP) is 4.49. The summed E-state index contributed by atoms with van der Waals surface area (Å²) in [5, 5.41) is 1.92. The molecule has 0 radical (unpaired) electrons. The Balaban J connectivity index is 1.55. The second kappa shape index (κ2) is 8.79. The molecule has 0 saturated heterocycles. The van der Waals surface area contributed by atoms with Crippen LogP contribution < -0.4 is 9.47 Å². The van der Waals surface area contributed by atoms with Crippen LogP contribution in [0.4, 0.5) is 0 Å². The minimum Gasteiger partial charge on any atom is -0.494 e. The van der Waals surface area contributed by atoms with E-state index in [-0.39, 0.29) is 11.2 Å². The average Bonchev–Trinajstić information content (AvgIpc) is 3.36. The number of hydrogen-bond donors (Lipinski definition) is 1. The lowest BCUT2D eigenvalue weighted by atomic mass is 10.2. The first-order valence-electron chi connectivity index (χ1n) is 9.74. The lowest BCUT2D eigenvalue weighted by Crippen LogP contribution is -2.14. The number of aliphatic imine (C=N–C) groups is 1. The van der Waals surface area contributed by atoms with Crippen molar-refractivity contribution in [1.82, 2.24) is 9.97 Å². The number of aromatic amines is 1. The first-order chi connectivity index (χ1) is 14.6. The van der Waals surface area contributed by atoms with Crippen LogP contribution in [0.3, 0.4) is 0 Å². The highest BCUT2D eigenvalue weighted by Crippen LogP contribution is 2.35. The summed E-state index contributed by atoms with van der Waals surface area (Å²) in [6.07, 6.45) is 2.12. The molecule has 4 rings (SSSR count). The van der Waals surface area contributed by atoms with Crippen LogP contribution in [-0.2, 0) is 9.53 Å². The number of aryl methyl sites for hydroxylation is 1. The summed E-state index contributed by atoms with van der Waals surface area (Å²) in [6, 6.07) is 9.58. The van der Waals surface area contributed by atoms with E-state index < -0.39 is 0 Å². The summed E-state index contributed by atoms with van der Waals surface area (Å²) in [4.78, 5) is 24.0. The number of hydrogen-bond acceptors (Lipinski definition) is 7. The van der Waals surface area contributed by atoms with E-state index >= 15 is 0 Å². The first-order valence-corrected chi connectivity index (χ1v) is 10.6. The number of nitrogens with zero attached hydrogens (tertiary/aromatic N) is 2. The Morgan fingerprint density at radius 1 is 1.30 bits per heavy atom. The van der Waals surface area contributed by atoms with E-state index in [0.29, 0.717) is 37.0 Å². The largest absolute Gasteiger partial charge is 0.494 e. The topological polar surface area (TPSA) is 85.8 Å². The number of nitrogens with one attached hydrogen (secondary N) is 1. The standard InChI is InChI=1S/C22H23N3O4S/c1-4-28-20(26)10-16-12-24-22(30-16)17-8-14-7-15(9-18(27-3)21(14)25-17)29-19-6-5-13(2)11-23-19/h5-9,11,16,25H,4,10,12H2,1-3H3. The number of rotatable bonds is 7. The highest BCUT2D eigenvalue weighted by atomic mass is 32.2. The van der Waals surface area contributed by atoms with Crippen molar-refractivity contribution >= 4 is 33.7 Å². The molecule has 0 bridgehead atoms. The van der Waals surface area contributed by atoms with Gasteiger partial charge in [-0.2, -0.15) is 0 Å². The Morgan fingerprint density at radius 3 is 2.90 bits per heavy atom. The normalized spacial score (nSPS) is 15.8. The van der Waals surface area contributed by atoms with E-state index in [9.17, 15) is 4.79 Å². The lowest BCUT2D eigenvalue weighted by Gasteiger charge is -2.08. The summed E-state index contributed by atoms with van der Waals surface area (Å²) in [6.45, 7) is 4.79. The molecule has 1 aromatic carbocycles. The van der Waals surface area contributed by atoms with Crippen LogP contribution in [0.5, 0.6) is 17.4 Å². The lowest BCUT2D eigenvalue weighted by molar-refractivity contribution is -0.143. The number of carbonyl (C=O) groups is 1. The number of aromatic nitrogens is 2. The van der Waals surface area contributed by atoms with Gasteiger partial charge in [0, 0.05) is 29.0 Å². The van der Waals surface area contributed by atoms with Crippen molar-refractivity contribution in [1.29, 1.82) is 0 Å². The Kier molecular flexibility index (Phi) is 5.94. The van der Waals surface area contributed by atoms with Gasteiger partial charge in [0.2, 0.25) is 5.88 Å². The Morgan fingerprint density at radius 2 is 2.17 bits per heavy atom. The van der Waals surface area contributed by atoms with Crippen molar-refractivity contribution in [3.8, 4) is 17.4 Å². The van der Waals surface area contributed by atoms with Crippen LogP contribution in [0, 0.1) is 6.92 Å². The smallest absolute Gasteiger partial charge is 0.306 e. The summed E-state index contributed by atoms with van der Waals surface area (Å²) < 4.78 is 16.5. The van der Waals surface area contributed by atoms with Crippen molar-refractivity contribution in [2.24, 2.45) is 4.99 Å². The fraction of sp³-hybridized carbons (Fsp3) is 0.318. The summed E-state index contributed by atoms with van der Waals surface area (Å²) in [5.74, 6) is 1.65. The first kappa shape index (κ1) is 20.3. The third-order valence-corrected chi connectivity index (χ3v) is 5.86. The monoisotopic (exact) mass is 425 g/mol. The van der Waals surface area contributed by atoms with Gasteiger partial charge in [0.25, 0.3) is 0 Å². The number of thioether (sulfide) groups is 1. The SMILES string of the molecule is CCOC(=O)CC1CN=C(c2cc3cc(Oc4ccc(C)cn4)cc(OC)c3[nH]2)S1. The van der Waals surface area contributed by atoms with E-state index in [2.05, 4.69) is 15.0 Å².